The lowest BCUT2D eigenvalue weighted by Crippen LogP contribution is -2.44. The van der Waals surface area contributed by atoms with E-state index < -0.39 is 0 Å². The highest BCUT2D eigenvalue weighted by Crippen LogP contribution is 2.39. The van der Waals surface area contributed by atoms with Gasteiger partial charge in [-0.05, 0) is 61.4 Å². The molecule has 136 valence electrons. The van der Waals surface area contributed by atoms with Crippen LogP contribution in [0.4, 0.5) is 11.4 Å². The van der Waals surface area contributed by atoms with Crippen LogP contribution in [0.15, 0.2) is 83.3 Å². The Bertz CT molecular complexity index is 940. The van der Waals surface area contributed by atoms with Gasteiger partial charge in [-0.3, -0.25) is 4.79 Å². The Kier molecular flexibility index (Phi) is 4.99. The number of halogens is 1. The zero-order valence-electron chi connectivity index (χ0n) is 15.1. The lowest BCUT2D eigenvalue weighted by Gasteiger charge is -2.40. The Hall–Kier alpha value is -2.59. The lowest BCUT2D eigenvalue weighted by molar-refractivity contribution is 0.0974. The fourth-order valence-corrected chi connectivity index (χ4v) is 3.99. The number of rotatable bonds is 3. The first-order valence-electron chi connectivity index (χ1n) is 9.13. The minimum atomic E-state index is 0.0422. The van der Waals surface area contributed by atoms with Crippen LogP contribution in [0.1, 0.15) is 35.3 Å². The summed E-state index contributed by atoms with van der Waals surface area (Å²) in [4.78, 5) is 15.2. The monoisotopic (exact) mass is 420 g/mol. The summed E-state index contributed by atoms with van der Waals surface area (Å²) in [6.07, 6.45) is 0.855. The van der Waals surface area contributed by atoms with E-state index in [9.17, 15) is 4.79 Å². The van der Waals surface area contributed by atoms with Gasteiger partial charge >= 0.3 is 0 Å². The molecule has 0 aliphatic carbocycles. The second kappa shape index (κ2) is 7.57. The lowest BCUT2D eigenvalue weighted by atomic mass is 9.90. The zero-order chi connectivity index (χ0) is 18.8. The van der Waals surface area contributed by atoms with Crippen molar-refractivity contribution >= 4 is 33.2 Å². The van der Waals surface area contributed by atoms with Crippen molar-refractivity contribution in [1.82, 2.24) is 0 Å². The third kappa shape index (κ3) is 3.62. The maximum absolute atomic E-state index is 13.2. The molecule has 2 unspecified atom stereocenters. The summed E-state index contributed by atoms with van der Waals surface area (Å²) >= 11 is 3.43. The normalized spacial score (nSPS) is 18.7. The van der Waals surface area contributed by atoms with Crippen LogP contribution in [-0.2, 0) is 0 Å². The molecule has 3 aromatic rings. The second-order valence-corrected chi connectivity index (χ2v) is 7.80. The van der Waals surface area contributed by atoms with Gasteiger partial charge in [-0.2, -0.15) is 0 Å². The van der Waals surface area contributed by atoms with E-state index in [4.69, 9.17) is 0 Å². The summed E-state index contributed by atoms with van der Waals surface area (Å²) in [5.41, 5.74) is 3.94. The maximum Gasteiger partial charge on any atom is 0.258 e. The van der Waals surface area contributed by atoms with E-state index in [0.717, 1.165) is 27.8 Å². The summed E-state index contributed by atoms with van der Waals surface area (Å²) in [6, 6.07) is 26.3. The van der Waals surface area contributed by atoms with Gasteiger partial charge in [-0.15, -0.1) is 0 Å². The minimum Gasteiger partial charge on any atom is -0.378 e. The number of fused-ring (bicyclic) bond motifs is 1. The third-order valence-electron chi connectivity index (χ3n) is 5.01. The molecule has 0 spiro atoms. The van der Waals surface area contributed by atoms with Crippen molar-refractivity contribution < 1.29 is 4.79 Å². The van der Waals surface area contributed by atoms with Crippen molar-refractivity contribution in [3.05, 3.63) is 94.5 Å². The van der Waals surface area contributed by atoms with Gasteiger partial charge in [-0.25, -0.2) is 0 Å². The number of anilines is 2. The number of carbonyl (C=O) groups excluding carboxylic acids is 1. The molecule has 0 fully saturated rings. The first-order chi connectivity index (χ1) is 13.1. The van der Waals surface area contributed by atoms with Crippen LogP contribution >= 0.6 is 15.9 Å². The zero-order valence-corrected chi connectivity index (χ0v) is 16.7. The molecule has 2 atom stereocenters. The second-order valence-electron chi connectivity index (χ2n) is 6.89. The number of para-hydroxylation sites is 2. The van der Waals surface area contributed by atoms with Crippen LogP contribution in [0.5, 0.6) is 0 Å². The van der Waals surface area contributed by atoms with E-state index in [-0.39, 0.29) is 18.0 Å². The average Bonchev–Trinajstić information content (AvgIpc) is 2.69. The van der Waals surface area contributed by atoms with Crippen molar-refractivity contribution in [2.45, 2.75) is 25.4 Å². The molecule has 0 aromatic heterocycles. The summed E-state index contributed by atoms with van der Waals surface area (Å²) in [5, 5.41) is 3.63. The van der Waals surface area contributed by atoms with Crippen molar-refractivity contribution in [3.63, 3.8) is 0 Å². The fraction of sp³-hybridized carbons (Fsp3) is 0.174. The number of nitrogens with one attached hydrogen (secondary N) is 1. The fourth-order valence-electron chi connectivity index (χ4n) is 3.73. The van der Waals surface area contributed by atoms with Gasteiger partial charge < -0.3 is 10.2 Å². The van der Waals surface area contributed by atoms with Gasteiger partial charge in [0.15, 0.2) is 0 Å². The molecule has 3 aromatic carbocycles. The predicted molar refractivity (Wildman–Crippen MR) is 114 cm³/mol. The Morgan fingerprint density at radius 1 is 0.963 bits per heavy atom. The Morgan fingerprint density at radius 2 is 1.63 bits per heavy atom. The van der Waals surface area contributed by atoms with Crippen LogP contribution in [-0.4, -0.2) is 11.9 Å². The van der Waals surface area contributed by atoms with E-state index >= 15 is 0 Å². The molecular formula is C23H21BrN2O. The standard InChI is InChI=1S/C23H21BrN2O/c1-16-15-21(25-19-7-3-2-4-8-19)20-9-5-6-10-22(20)26(16)23(27)17-11-13-18(24)14-12-17/h2-14,16,21,25H,15H2,1H3. The Balaban J connectivity index is 1.68. The number of hydrogen-bond acceptors (Lipinski definition) is 2. The molecule has 1 heterocycles. The van der Waals surface area contributed by atoms with Crippen molar-refractivity contribution in [2.24, 2.45) is 0 Å². The summed E-state index contributed by atoms with van der Waals surface area (Å²) in [5.74, 6) is 0.0422. The van der Waals surface area contributed by atoms with E-state index in [1.54, 1.807) is 0 Å². The van der Waals surface area contributed by atoms with E-state index in [1.807, 2.05) is 65.6 Å². The molecule has 1 N–H and O–H groups in total. The van der Waals surface area contributed by atoms with Crippen molar-refractivity contribution in [2.75, 3.05) is 10.2 Å². The summed E-state index contributed by atoms with van der Waals surface area (Å²) in [7, 11) is 0. The van der Waals surface area contributed by atoms with E-state index in [1.165, 1.54) is 0 Å². The van der Waals surface area contributed by atoms with Gasteiger partial charge in [-0.1, -0.05) is 52.3 Å². The van der Waals surface area contributed by atoms with Gasteiger partial charge in [0.1, 0.15) is 0 Å². The molecule has 0 saturated carbocycles. The minimum absolute atomic E-state index is 0.0422. The van der Waals surface area contributed by atoms with Crippen LogP contribution < -0.4 is 10.2 Å². The molecule has 1 aliphatic rings. The average molecular weight is 421 g/mol. The first kappa shape index (κ1) is 17.8. The molecule has 1 amide bonds. The number of nitrogens with zero attached hydrogens (tertiary/aromatic N) is 1. The molecule has 0 radical (unpaired) electrons. The molecule has 0 saturated heterocycles. The number of amides is 1. The highest BCUT2D eigenvalue weighted by atomic mass is 79.9. The maximum atomic E-state index is 13.2. The van der Waals surface area contributed by atoms with Crippen LogP contribution in [0.25, 0.3) is 0 Å². The Morgan fingerprint density at radius 3 is 2.37 bits per heavy atom. The first-order valence-corrected chi connectivity index (χ1v) is 9.92. The van der Waals surface area contributed by atoms with Crippen LogP contribution in [0.2, 0.25) is 0 Å². The molecule has 3 nitrogen and oxygen atoms in total. The summed E-state index contributed by atoms with van der Waals surface area (Å²) < 4.78 is 0.971. The van der Waals surface area contributed by atoms with Crippen LogP contribution in [0, 0.1) is 0 Å². The van der Waals surface area contributed by atoms with Crippen molar-refractivity contribution in [3.8, 4) is 0 Å². The molecule has 0 bridgehead atoms. The van der Waals surface area contributed by atoms with Gasteiger partial charge in [0.25, 0.3) is 5.91 Å². The molecular weight excluding hydrogens is 400 g/mol. The largest absolute Gasteiger partial charge is 0.378 e. The smallest absolute Gasteiger partial charge is 0.258 e. The third-order valence-corrected chi connectivity index (χ3v) is 5.54. The molecule has 4 rings (SSSR count). The highest BCUT2D eigenvalue weighted by molar-refractivity contribution is 9.10. The topological polar surface area (TPSA) is 32.3 Å². The molecule has 1 aliphatic heterocycles. The van der Waals surface area contributed by atoms with E-state index in [2.05, 4.69) is 46.4 Å². The highest BCUT2D eigenvalue weighted by Gasteiger charge is 2.34. The SMILES string of the molecule is CC1CC(Nc2ccccc2)c2ccccc2N1C(=O)c1ccc(Br)cc1. The van der Waals surface area contributed by atoms with Gasteiger partial charge in [0.2, 0.25) is 0 Å². The number of hydrogen-bond donors (Lipinski definition) is 1. The van der Waals surface area contributed by atoms with Crippen LogP contribution in [0.3, 0.4) is 0 Å². The predicted octanol–water partition coefficient (Wildman–Crippen LogP) is 6.04. The van der Waals surface area contributed by atoms with Gasteiger partial charge in [0.05, 0.1) is 6.04 Å². The van der Waals surface area contributed by atoms with Gasteiger partial charge in [0, 0.05) is 27.5 Å². The number of carbonyl (C=O) groups is 1. The Labute approximate surface area is 168 Å². The van der Waals surface area contributed by atoms with Crippen molar-refractivity contribution in [1.29, 1.82) is 0 Å². The summed E-state index contributed by atoms with van der Waals surface area (Å²) in [6.45, 7) is 2.12. The molecule has 27 heavy (non-hydrogen) atoms. The number of benzene rings is 3. The quantitative estimate of drug-likeness (QED) is 0.559. The van der Waals surface area contributed by atoms with E-state index in [0.29, 0.717) is 5.56 Å². The molecule has 4 heteroatoms.